The maximum absolute atomic E-state index is 12.3. The van der Waals surface area contributed by atoms with Gasteiger partial charge in [0, 0.05) is 12.4 Å². The third kappa shape index (κ3) is 1.67. The second-order valence-corrected chi connectivity index (χ2v) is 4.76. The summed E-state index contributed by atoms with van der Waals surface area (Å²) in [6.45, 7) is -0.373. The fourth-order valence-corrected chi connectivity index (χ4v) is 2.53. The number of imide groups is 1. The number of fused-ring (bicyclic) bond motifs is 1. The van der Waals surface area contributed by atoms with E-state index in [0.29, 0.717) is 5.69 Å². The van der Waals surface area contributed by atoms with Crippen molar-refractivity contribution in [1.82, 2.24) is 4.90 Å². The van der Waals surface area contributed by atoms with Crippen LogP contribution in [0.4, 0.5) is 10.5 Å². The molecule has 1 aliphatic rings. The number of urea groups is 1. The zero-order valence-electron chi connectivity index (χ0n) is 11.0. The standard InChI is InChI=1S/C15H14N2O3/c1-16-13(9-18)14(19)17(15(16)20)12-8-4-6-10-5-2-3-7-11(10)12/h2-8,13,18H,9H2,1H3. The fraction of sp³-hybridized carbons (Fsp3) is 0.200. The molecular weight excluding hydrogens is 256 g/mol. The van der Waals surface area contributed by atoms with Gasteiger partial charge >= 0.3 is 6.03 Å². The number of aliphatic hydroxyl groups is 1. The molecule has 1 atom stereocenters. The van der Waals surface area contributed by atoms with E-state index in [2.05, 4.69) is 0 Å². The highest BCUT2D eigenvalue weighted by atomic mass is 16.3. The van der Waals surface area contributed by atoms with Gasteiger partial charge in [-0.2, -0.15) is 0 Å². The van der Waals surface area contributed by atoms with Crippen molar-refractivity contribution in [2.24, 2.45) is 0 Å². The van der Waals surface area contributed by atoms with Crippen LogP contribution in [0.1, 0.15) is 0 Å². The monoisotopic (exact) mass is 270 g/mol. The predicted molar refractivity (Wildman–Crippen MR) is 75.5 cm³/mol. The molecule has 1 fully saturated rings. The molecule has 1 unspecified atom stereocenters. The molecule has 5 heteroatoms. The summed E-state index contributed by atoms with van der Waals surface area (Å²) in [6, 6.07) is 11.8. The first-order valence-electron chi connectivity index (χ1n) is 6.34. The average molecular weight is 270 g/mol. The van der Waals surface area contributed by atoms with Gasteiger partial charge in [-0.1, -0.05) is 36.4 Å². The molecule has 0 aromatic heterocycles. The Kier molecular flexibility index (Phi) is 2.91. The summed E-state index contributed by atoms with van der Waals surface area (Å²) in [4.78, 5) is 27.0. The Hall–Kier alpha value is -2.40. The van der Waals surface area contributed by atoms with Crippen LogP contribution < -0.4 is 4.90 Å². The third-order valence-electron chi connectivity index (χ3n) is 3.65. The lowest BCUT2D eigenvalue weighted by Gasteiger charge is -2.16. The molecule has 0 saturated carbocycles. The molecule has 102 valence electrons. The minimum Gasteiger partial charge on any atom is -0.394 e. The Balaban J connectivity index is 2.16. The Bertz CT molecular complexity index is 693. The average Bonchev–Trinajstić information content (AvgIpc) is 2.68. The summed E-state index contributed by atoms with van der Waals surface area (Å²) in [5.74, 6) is -0.392. The summed E-state index contributed by atoms with van der Waals surface area (Å²) >= 11 is 0. The van der Waals surface area contributed by atoms with Crippen LogP contribution >= 0.6 is 0 Å². The quantitative estimate of drug-likeness (QED) is 0.843. The Morgan fingerprint density at radius 3 is 2.50 bits per heavy atom. The van der Waals surface area contributed by atoms with Crippen LogP contribution in [-0.4, -0.2) is 41.6 Å². The smallest absolute Gasteiger partial charge is 0.331 e. The zero-order valence-corrected chi connectivity index (χ0v) is 11.0. The molecule has 5 nitrogen and oxygen atoms in total. The molecule has 2 aromatic rings. The summed E-state index contributed by atoms with van der Waals surface area (Å²) in [6.07, 6.45) is 0. The summed E-state index contributed by atoms with van der Waals surface area (Å²) < 4.78 is 0. The summed E-state index contributed by atoms with van der Waals surface area (Å²) in [5.41, 5.74) is 0.556. The second-order valence-electron chi connectivity index (χ2n) is 4.76. The lowest BCUT2D eigenvalue weighted by molar-refractivity contribution is -0.120. The molecule has 1 N–H and O–H groups in total. The lowest BCUT2D eigenvalue weighted by atomic mass is 10.1. The second kappa shape index (κ2) is 4.61. The van der Waals surface area contributed by atoms with Crippen molar-refractivity contribution < 1.29 is 14.7 Å². The van der Waals surface area contributed by atoms with Crippen LogP contribution in [0.2, 0.25) is 0 Å². The maximum Gasteiger partial charge on any atom is 0.331 e. The number of amides is 3. The van der Waals surface area contributed by atoms with Crippen LogP contribution in [0.25, 0.3) is 10.8 Å². The normalized spacial score (nSPS) is 19.2. The highest BCUT2D eigenvalue weighted by Gasteiger charge is 2.43. The molecular formula is C15H14N2O3. The number of anilines is 1. The topological polar surface area (TPSA) is 60.9 Å². The predicted octanol–water partition coefficient (Wildman–Crippen LogP) is 1.60. The van der Waals surface area contributed by atoms with Crippen LogP contribution in [0, 0.1) is 0 Å². The Morgan fingerprint density at radius 2 is 1.80 bits per heavy atom. The van der Waals surface area contributed by atoms with Gasteiger partial charge in [0.2, 0.25) is 0 Å². The van der Waals surface area contributed by atoms with E-state index in [-0.39, 0.29) is 6.61 Å². The Labute approximate surface area is 116 Å². The number of likely N-dealkylation sites (N-methyl/N-ethyl adjacent to an activating group) is 1. The van der Waals surface area contributed by atoms with E-state index in [4.69, 9.17) is 0 Å². The highest BCUT2D eigenvalue weighted by molar-refractivity contribution is 6.24. The number of hydrogen-bond acceptors (Lipinski definition) is 3. The van der Waals surface area contributed by atoms with Gasteiger partial charge < -0.3 is 10.0 Å². The van der Waals surface area contributed by atoms with Gasteiger partial charge in [0.15, 0.2) is 0 Å². The number of benzene rings is 2. The molecule has 3 amide bonds. The molecule has 20 heavy (non-hydrogen) atoms. The largest absolute Gasteiger partial charge is 0.394 e. The van der Waals surface area contributed by atoms with E-state index in [1.54, 1.807) is 6.07 Å². The first-order valence-corrected chi connectivity index (χ1v) is 6.34. The van der Waals surface area contributed by atoms with Crippen molar-refractivity contribution in [3.05, 3.63) is 42.5 Å². The van der Waals surface area contributed by atoms with Crippen molar-refractivity contribution in [3.8, 4) is 0 Å². The number of hydrogen-bond donors (Lipinski definition) is 1. The van der Waals surface area contributed by atoms with E-state index < -0.39 is 18.0 Å². The van der Waals surface area contributed by atoms with Gasteiger partial charge in [0.1, 0.15) is 6.04 Å². The number of aliphatic hydroxyl groups excluding tert-OH is 1. The highest BCUT2D eigenvalue weighted by Crippen LogP contribution is 2.31. The van der Waals surface area contributed by atoms with E-state index in [9.17, 15) is 14.7 Å². The molecule has 3 rings (SSSR count). The molecule has 0 bridgehead atoms. The van der Waals surface area contributed by atoms with E-state index in [1.807, 2.05) is 36.4 Å². The van der Waals surface area contributed by atoms with Crippen molar-refractivity contribution in [3.63, 3.8) is 0 Å². The summed E-state index contributed by atoms with van der Waals surface area (Å²) in [7, 11) is 1.52. The molecule has 0 spiro atoms. The van der Waals surface area contributed by atoms with Crippen molar-refractivity contribution >= 4 is 28.4 Å². The third-order valence-corrected chi connectivity index (χ3v) is 3.65. The molecule has 1 aliphatic heterocycles. The van der Waals surface area contributed by atoms with Gasteiger partial charge in [-0.3, -0.25) is 4.79 Å². The number of nitrogens with zero attached hydrogens (tertiary/aromatic N) is 2. The van der Waals surface area contributed by atoms with Gasteiger partial charge in [-0.25, -0.2) is 9.69 Å². The number of rotatable bonds is 2. The van der Waals surface area contributed by atoms with Gasteiger partial charge in [-0.15, -0.1) is 0 Å². The zero-order chi connectivity index (χ0) is 14.3. The fourth-order valence-electron chi connectivity index (χ4n) is 2.53. The van der Waals surface area contributed by atoms with Crippen LogP contribution in [-0.2, 0) is 4.79 Å². The molecule has 1 saturated heterocycles. The van der Waals surface area contributed by atoms with Crippen LogP contribution in [0.5, 0.6) is 0 Å². The Morgan fingerprint density at radius 1 is 1.10 bits per heavy atom. The van der Waals surface area contributed by atoms with E-state index in [1.165, 1.54) is 11.9 Å². The van der Waals surface area contributed by atoms with Gasteiger partial charge in [0.05, 0.1) is 12.3 Å². The molecule has 2 aromatic carbocycles. The number of carbonyl (C=O) groups excluding carboxylic acids is 2. The minimum atomic E-state index is -0.804. The van der Waals surface area contributed by atoms with E-state index in [0.717, 1.165) is 15.7 Å². The maximum atomic E-state index is 12.3. The minimum absolute atomic E-state index is 0.373. The molecule has 0 radical (unpaired) electrons. The van der Waals surface area contributed by atoms with Crippen molar-refractivity contribution in [2.45, 2.75) is 6.04 Å². The van der Waals surface area contributed by atoms with Gasteiger partial charge in [0.25, 0.3) is 5.91 Å². The van der Waals surface area contributed by atoms with Crippen LogP contribution in [0.3, 0.4) is 0 Å². The van der Waals surface area contributed by atoms with Gasteiger partial charge in [-0.05, 0) is 11.5 Å². The van der Waals surface area contributed by atoms with Crippen LogP contribution in [0.15, 0.2) is 42.5 Å². The lowest BCUT2D eigenvalue weighted by Crippen LogP contribution is -2.34. The van der Waals surface area contributed by atoms with Crippen molar-refractivity contribution in [2.75, 3.05) is 18.6 Å². The van der Waals surface area contributed by atoms with E-state index >= 15 is 0 Å². The number of carbonyl (C=O) groups is 2. The summed E-state index contributed by atoms with van der Waals surface area (Å²) in [5, 5.41) is 11.1. The van der Waals surface area contributed by atoms with Crippen molar-refractivity contribution in [1.29, 1.82) is 0 Å². The SMILES string of the molecule is CN1C(=O)N(c2cccc3ccccc23)C(=O)C1CO. The molecule has 1 heterocycles. The first-order chi connectivity index (χ1) is 9.65. The molecule has 0 aliphatic carbocycles. The first kappa shape index (κ1) is 12.6.